The fourth-order valence-corrected chi connectivity index (χ4v) is 4.48. The molecule has 132 valence electrons. The Labute approximate surface area is 152 Å². The van der Waals surface area contributed by atoms with Crippen molar-refractivity contribution in [3.63, 3.8) is 0 Å². The maximum atomic E-state index is 12.1. The first kappa shape index (κ1) is 16.7. The molecule has 2 fully saturated rings. The number of thiophene rings is 1. The average Bonchev–Trinajstić information content (AvgIpc) is 3.30. The van der Waals surface area contributed by atoms with Gasteiger partial charge in [0, 0.05) is 42.8 Å². The van der Waals surface area contributed by atoms with E-state index in [2.05, 4.69) is 27.3 Å². The van der Waals surface area contributed by atoms with Gasteiger partial charge < -0.3 is 10.1 Å². The van der Waals surface area contributed by atoms with Crippen LogP contribution < -0.4 is 5.32 Å². The molecule has 0 radical (unpaired) electrons. The number of likely N-dealkylation sites (tertiary alicyclic amines) is 1. The number of pyridine rings is 1. The SMILES string of the molecule is O=C(C[C@H]1C[C@H]2CN(Cc3ccncc3)C[C@H]2O1)NCc1cccs1. The normalized spacial score (nSPS) is 25.8. The Morgan fingerprint density at radius 1 is 1.32 bits per heavy atom. The molecule has 1 amide bonds. The van der Waals surface area contributed by atoms with Crippen molar-refractivity contribution < 1.29 is 9.53 Å². The summed E-state index contributed by atoms with van der Waals surface area (Å²) in [7, 11) is 0. The van der Waals surface area contributed by atoms with Gasteiger partial charge in [0.25, 0.3) is 0 Å². The fraction of sp³-hybridized carbons (Fsp3) is 0.474. The molecule has 2 saturated heterocycles. The monoisotopic (exact) mass is 357 g/mol. The van der Waals surface area contributed by atoms with E-state index in [0.717, 1.165) is 26.1 Å². The second kappa shape index (κ2) is 7.64. The minimum atomic E-state index is 0.0708. The summed E-state index contributed by atoms with van der Waals surface area (Å²) >= 11 is 1.67. The second-order valence-electron chi connectivity index (χ2n) is 6.90. The van der Waals surface area contributed by atoms with Crippen LogP contribution in [0.15, 0.2) is 42.0 Å². The molecule has 25 heavy (non-hydrogen) atoms. The lowest BCUT2D eigenvalue weighted by Crippen LogP contribution is -2.29. The highest BCUT2D eigenvalue weighted by atomic mass is 32.1. The summed E-state index contributed by atoms with van der Waals surface area (Å²) in [4.78, 5) is 19.8. The zero-order chi connectivity index (χ0) is 17.1. The molecule has 0 saturated carbocycles. The Morgan fingerprint density at radius 3 is 2.96 bits per heavy atom. The molecule has 2 aromatic rings. The summed E-state index contributed by atoms with van der Waals surface area (Å²) in [5, 5.41) is 5.02. The number of hydrogen-bond acceptors (Lipinski definition) is 5. The molecule has 0 spiro atoms. The van der Waals surface area contributed by atoms with Crippen molar-refractivity contribution in [2.45, 2.75) is 38.1 Å². The zero-order valence-corrected chi connectivity index (χ0v) is 15.0. The van der Waals surface area contributed by atoms with Crippen LogP contribution in [0.1, 0.15) is 23.3 Å². The van der Waals surface area contributed by atoms with Crippen LogP contribution in [0.3, 0.4) is 0 Å². The molecule has 6 heteroatoms. The van der Waals surface area contributed by atoms with Crippen LogP contribution >= 0.6 is 11.3 Å². The van der Waals surface area contributed by atoms with E-state index in [4.69, 9.17) is 4.74 Å². The van der Waals surface area contributed by atoms with E-state index in [1.807, 2.05) is 29.9 Å². The van der Waals surface area contributed by atoms with E-state index in [-0.39, 0.29) is 18.1 Å². The van der Waals surface area contributed by atoms with Gasteiger partial charge in [0.1, 0.15) is 0 Å². The largest absolute Gasteiger partial charge is 0.373 e. The summed E-state index contributed by atoms with van der Waals surface area (Å²) in [6.45, 7) is 3.58. The molecule has 3 atom stereocenters. The van der Waals surface area contributed by atoms with Crippen LogP contribution in [0.25, 0.3) is 0 Å². The average molecular weight is 357 g/mol. The highest BCUT2D eigenvalue weighted by Gasteiger charge is 2.42. The van der Waals surface area contributed by atoms with Gasteiger partial charge in [-0.3, -0.25) is 14.7 Å². The van der Waals surface area contributed by atoms with Crippen LogP contribution in [-0.2, 0) is 22.6 Å². The number of rotatable bonds is 6. The van der Waals surface area contributed by atoms with Gasteiger partial charge in [0.15, 0.2) is 0 Å². The Morgan fingerprint density at radius 2 is 2.20 bits per heavy atom. The molecule has 0 aliphatic carbocycles. The third kappa shape index (κ3) is 4.26. The van der Waals surface area contributed by atoms with Gasteiger partial charge in [-0.15, -0.1) is 11.3 Å². The molecule has 4 heterocycles. The quantitative estimate of drug-likeness (QED) is 0.863. The Kier molecular flexibility index (Phi) is 5.10. The molecule has 0 bridgehead atoms. The van der Waals surface area contributed by atoms with E-state index in [1.165, 1.54) is 10.4 Å². The highest BCUT2D eigenvalue weighted by molar-refractivity contribution is 7.09. The van der Waals surface area contributed by atoms with Gasteiger partial charge in [0.2, 0.25) is 5.91 Å². The molecule has 2 aliphatic heterocycles. The predicted octanol–water partition coefficient (Wildman–Crippen LogP) is 2.44. The summed E-state index contributed by atoms with van der Waals surface area (Å²) < 4.78 is 6.15. The number of hydrogen-bond donors (Lipinski definition) is 1. The van der Waals surface area contributed by atoms with E-state index in [1.54, 1.807) is 11.3 Å². The Balaban J connectivity index is 1.20. The molecule has 0 aromatic carbocycles. The van der Waals surface area contributed by atoms with Crippen molar-refractivity contribution in [2.75, 3.05) is 13.1 Å². The van der Waals surface area contributed by atoms with Crippen LogP contribution in [0.4, 0.5) is 0 Å². The number of carbonyl (C=O) groups is 1. The van der Waals surface area contributed by atoms with E-state index >= 15 is 0 Å². The van der Waals surface area contributed by atoms with Gasteiger partial charge in [-0.05, 0) is 35.6 Å². The number of carbonyl (C=O) groups excluding carboxylic acids is 1. The Bertz CT molecular complexity index is 678. The summed E-state index contributed by atoms with van der Waals surface area (Å²) in [6, 6.07) is 8.18. The minimum absolute atomic E-state index is 0.0708. The van der Waals surface area contributed by atoms with Crippen molar-refractivity contribution in [2.24, 2.45) is 5.92 Å². The molecule has 1 N–H and O–H groups in total. The van der Waals surface area contributed by atoms with Gasteiger partial charge >= 0.3 is 0 Å². The van der Waals surface area contributed by atoms with Crippen molar-refractivity contribution in [1.29, 1.82) is 0 Å². The lowest BCUT2D eigenvalue weighted by atomic mass is 10.0. The maximum Gasteiger partial charge on any atom is 0.222 e. The standard InChI is InChI=1S/C19H23N3O2S/c23-19(21-10-17-2-1-7-25-17)9-16-8-15-12-22(13-18(15)24-16)11-14-3-5-20-6-4-14/h1-7,15-16,18H,8-13H2,(H,21,23)/t15-,16+,18+/m0/s1. The molecule has 0 unspecified atom stereocenters. The molecule has 5 nitrogen and oxygen atoms in total. The smallest absolute Gasteiger partial charge is 0.222 e. The number of ether oxygens (including phenoxy) is 1. The zero-order valence-electron chi connectivity index (χ0n) is 14.1. The molecule has 4 rings (SSSR count). The summed E-state index contributed by atoms with van der Waals surface area (Å²) in [5.41, 5.74) is 1.29. The van der Waals surface area contributed by atoms with Crippen LogP contribution in [0.2, 0.25) is 0 Å². The van der Waals surface area contributed by atoms with Crippen molar-refractivity contribution in [1.82, 2.24) is 15.2 Å². The van der Waals surface area contributed by atoms with Crippen LogP contribution in [0, 0.1) is 5.92 Å². The lowest BCUT2D eigenvalue weighted by molar-refractivity contribution is -0.123. The number of nitrogens with one attached hydrogen (secondary N) is 1. The lowest BCUT2D eigenvalue weighted by Gasteiger charge is -2.19. The molecular formula is C19H23N3O2S. The second-order valence-corrected chi connectivity index (χ2v) is 7.93. The van der Waals surface area contributed by atoms with E-state index in [0.29, 0.717) is 18.9 Å². The maximum absolute atomic E-state index is 12.1. The Hall–Kier alpha value is -1.76. The predicted molar refractivity (Wildman–Crippen MR) is 97.1 cm³/mol. The van der Waals surface area contributed by atoms with Gasteiger partial charge in [-0.1, -0.05) is 6.07 Å². The third-order valence-electron chi connectivity index (χ3n) is 5.00. The van der Waals surface area contributed by atoms with E-state index in [9.17, 15) is 4.79 Å². The summed E-state index contributed by atoms with van der Waals surface area (Å²) in [5.74, 6) is 0.643. The van der Waals surface area contributed by atoms with E-state index < -0.39 is 0 Å². The fourth-order valence-electron chi connectivity index (χ4n) is 3.83. The molecule has 2 aromatic heterocycles. The topological polar surface area (TPSA) is 54.5 Å². The first-order valence-corrected chi connectivity index (χ1v) is 9.70. The van der Waals surface area contributed by atoms with Crippen LogP contribution in [-0.4, -0.2) is 41.1 Å². The van der Waals surface area contributed by atoms with Crippen molar-refractivity contribution in [3.05, 3.63) is 52.5 Å². The number of amides is 1. The van der Waals surface area contributed by atoms with Crippen molar-refractivity contribution >= 4 is 17.2 Å². The van der Waals surface area contributed by atoms with Gasteiger partial charge in [-0.2, -0.15) is 0 Å². The highest BCUT2D eigenvalue weighted by Crippen LogP contribution is 2.34. The van der Waals surface area contributed by atoms with Gasteiger partial charge in [0.05, 0.1) is 25.2 Å². The van der Waals surface area contributed by atoms with Gasteiger partial charge in [-0.25, -0.2) is 0 Å². The number of fused-ring (bicyclic) bond motifs is 1. The number of nitrogens with zero attached hydrogens (tertiary/aromatic N) is 2. The van der Waals surface area contributed by atoms with Crippen LogP contribution in [0.5, 0.6) is 0 Å². The first-order valence-electron chi connectivity index (χ1n) is 8.82. The third-order valence-corrected chi connectivity index (χ3v) is 5.87. The molecule has 2 aliphatic rings. The number of aromatic nitrogens is 1. The van der Waals surface area contributed by atoms with Crippen molar-refractivity contribution in [3.8, 4) is 0 Å². The first-order chi connectivity index (χ1) is 12.3. The minimum Gasteiger partial charge on any atom is -0.373 e. The summed E-state index contributed by atoms with van der Waals surface area (Å²) in [6.07, 6.45) is 5.49. The molecular weight excluding hydrogens is 334 g/mol.